The number of nitrogen functional groups attached to an aromatic ring is 1. The van der Waals surface area contributed by atoms with E-state index in [1.54, 1.807) is 25.1 Å². The van der Waals surface area contributed by atoms with Gasteiger partial charge in [-0.15, -0.1) is 0 Å². The largest absolute Gasteiger partial charge is 0.461 e. The molecule has 2 aromatic rings. The minimum Gasteiger partial charge on any atom is -0.461 e. The summed E-state index contributed by atoms with van der Waals surface area (Å²) in [5.74, 6) is -0.679. The molecule has 0 aromatic heterocycles. The zero-order chi connectivity index (χ0) is 15.2. The van der Waals surface area contributed by atoms with E-state index in [1.807, 2.05) is 30.3 Å². The number of nitrogens with zero attached hydrogens (tertiary/aromatic N) is 1. The fourth-order valence-corrected chi connectivity index (χ4v) is 2.07. The molecule has 5 heteroatoms. The van der Waals surface area contributed by atoms with Crippen LogP contribution < -0.4 is 5.73 Å². The van der Waals surface area contributed by atoms with Gasteiger partial charge in [0.2, 0.25) is 0 Å². The number of carbonyl (C=O) groups excluding carboxylic acids is 1. The molecule has 0 aliphatic heterocycles. The van der Waals surface area contributed by atoms with Gasteiger partial charge in [0.25, 0.3) is 0 Å². The quantitative estimate of drug-likeness (QED) is 0.297. The van der Waals surface area contributed by atoms with Crippen molar-refractivity contribution < 1.29 is 14.7 Å². The molecule has 0 saturated carbocycles. The zero-order valence-corrected chi connectivity index (χ0v) is 11.6. The lowest BCUT2D eigenvalue weighted by molar-refractivity contribution is -0.135. The van der Waals surface area contributed by atoms with Crippen LogP contribution in [0.25, 0.3) is 11.1 Å². The van der Waals surface area contributed by atoms with Gasteiger partial charge in [-0.05, 0) is 18.6 Å². The molecular formula is C16H16N2O3. The van der Waals surface area contributed by atoms with Crippen molar-refractivity contribution in [2.45, 2.75) is 6.92 Å². The summed E-state index contributed by atoms with van der Waals surface area (Å²) in [4.78, 5) is 11.9. The first-order valence-corrected chi connectivity index (χ1v) is 6.52. The Kier molecular flexibility index (Phi) is 4.56. The first-order valence-electron chi connectivity index (χ1n) is 6.52. The second-order valence-electron chi connectivity index (χ2n) is 4.30. The molecule has 0 heterocycles. The highest BCUT2D eigenvalue weighted by molar-refractivity contribution is 6.44. The normalized spacial score (nSPS) is 11.2. The van der Waals surface area contributed by atoms with E-state index in [1.165, 1.54) is 0 Å². The molecule has 0 spiro atoms. The van der Waals surface area contributed by atoms with Crippen molar-refractivity contribution in [1.29, 1.82) is 0 Å². The third-order valence-electron chi connectivity index (χ3n) is 3.00. The fourth-order valence-electron chi connectivity index (χ4n) is 2.07. The van der Waals surface area contributed by atoms with Crippen molar-refractivity contribution in [3.63, 3.8) is 0 Å². The molecule has 2 aromatic carbocycles. The number of oxime groups is 1. The standard InChI is InChI=1S/C16H16N2O3/c1-2-21-16(19)15(18-20)13-9-4-3-7-11(13)12-8-5-6-10-14(12)17/h3-10,20H,2,17H2,1H3. The van der Waals surface area contributed by atoms with Crippen LogP contribution in [-0.4, -0.2) is 23.5 Å². The average Bonchev–Trinajstić information content (AvgIpc) is 2.49. The van der Waals surface area contributed by atoms with Gasteiger partial charge in [-0.2, -0.15) is 0 Å². The van der Waals surface area contributed by atoms with E-state index < -0.39 is 5.97 Å². The Labute approximate surface area is 122 Å². The van der Waals surface area contributed by atoms with Gasteiger partial charge >= 0.3 is 5.97 Å². The molecule has 0 bridgehead atoms. The summed E-state index contributed by atoms with van der Waals surface area (Å²) < 4.78 is 4.91. The monoisotopic (exact) mass is 284 g/mol. The van der Waals surface area contributed by atoms with Crippen LogP contribution in [0.5, 0.6) is 0 Å². The number of anilines is 1. The first kappa shape index (κ1) is 14.6. The predicted octanol–water partition coefficient (Wildman–Crippen LogP) is 2.68. The topological polar surface area (TPSA) is 84.9 Å². The Balaban J connectivity index is 2.56. The van der Waals surface area contributed by atoms with Gasteiger partial charge in [-0.3, -0.25) is 0 Å². The summed E-state index contributed by atoms with van der Waals surface area (Å²) in [5.41, 5.74) is 8.35. The maximum atomic E-state index is 11.9. The van der Waals surface area contributed by atoms with Gasteiger partial charge in [-0.1, -0.05) is 47.6 Å². The zero-order valence-electron chi connectivity index (χ0n) is 11.6. The minimum absolute atomic E-state index is 0.143. The van der Waals surface area contributed by atoms with Crippen molar-refractivity contribution in [2.75, 3.05) is 12.3 Å². The maximum absolute atomic E-state index is 11.9. The van der Waals surface area contributed by atoms with Gasteiger partial charge in [0.05, 0.1) is 6.61 Å². The summed E-state index contributed by atoms with van der Waals surface area (Å²) in [6.07, 6.45) is 0. The van der Waals surface area contributed by atoms with Crippen LogP contribution in [0, 0.1) is 0 Å². The lowest BCUT2D eigenvalue weighted by Gasteiger charge is -2.12. The molecule has 0 unspecified atom stereocenters. The highest BCUT2D eigenvalue weighted by atomic mass is 16.5. The molecule has 2 rings (SSSR count). The van der Waals surface area contributed by atoms with Gasteiger partial charge in [0.1, 0.15) is 0 Å². The number of hydrogen-bond acceptors (Lipinski definition) is 5. The SMILES string of the molecule is CCOC(=O)C(=NO)c1ccccc1-c1ccccc1N. The number of para-hydroxylation sites is 1. The van der Waals surface area contributed by atoms with Crippen molar-refractivity contribution in [3.05, 3.63) is 54.1 Å². The smallest absolute Gasteiger partial charge is 0.361 e. The van der Waals surface area contributed by atoms with E-state index in [-0.39, 0.29) is 12.3 Å². The number of benzene rings is 2. The van der Waals surface area contributed by atoms with Crippen LogP contribution >= 0.6 is 0 Å². The number of carbonyl (C=O) groups is 1. The van der Waals surface area contributed by atoms with Crippen LogP contribution in [0.3, 0.4) is 0 Å². The van der Waals surface area contributed by atoms with E-state index in [0.717, 1.165) is 5.56 Å². The summed E-state index contributed by atoms with van der Waals surface area (Å²) in [6, 6.07) is 14.4. The van der Waals surface area contributed by atoms with Crippen molar-refractivity contribution in [1.82, 2.24) is 0 Å². The number of rotatable bonds is 4. The number of hydrogen-bond donors (Lipinski definition) is 2. The number of ether oxygens (including phenoxy) is 1. The molecule has 21 heavy (non-hydrogen) atoms. The highest BCUT2D eigenvalue weighted by Gasteiger charge is 2.20. The van der Waals surface area contributed by atoms with E-state index in [4.69, 9.17) is 10.5 Å². The molecule has 0 fully saturated rings. The molecule has 0 radical (unpaired) electrons. The summed E-state index contributed by atoms with van der Waals surface area (Å²) >= 11 is 0. The van der Waals surface area contributed by atoms with E-state index in [0.29, 0.717) is 16.8 Å². The van der Waals surface area contributed by atoms with Crippen LogP contribution in [0.15, 0.2) is 53.7 Å². The van der Waals surface area contributed by atoms with Crippen molar-refractivity contribution in [2.24, 2.45) is 5.16 Å². The third kappa shape index (κ3) is 3.02. The average molecular weight is 284 g/mol. The predicted molar refractivity (Wildman–Crippen MR) is 81.2 cm³/mol. The second kappa shape index (κ2) is 6.56. The minimum atomic E-state index is -0.679. The van der Waals surface area contributed by atoms with Crippen molar-refractivity contribution in [3.8, 4) is 11.1 Å². The van der Waals surface area contributed by atoms with E-state index in [2.05, 4.69) is 5.16 Å². The Morgan fingerprint density at radius 2 is 1.76 bits per heavy atom. The number of nitrogens with two attached hydrogens (primary N) is 1. The van der Waals surface area contributed by atoms with Crippen LogP contribution in [0.1, 0.15) is 12.5 Å². The molecule has 0 aliphatic carbocycles. The molecular weight excluding hydrogens is 268 g/mol. The summed E-state index contributed by atoms with van der Waals surface area (Å²) in [7, 11) is 0. The molecule has 0 atom stereocenters. The summed E-state index contributed by atoms with van der Waals surface area (Å²) in [5, 5.41) is 12.3. The molecule has 0 saturated heterocycles. The Morgan fingerprint density at radius 1 is 1.14 bits per heavy atom. The lowest BCUT2D eigenvalue weighted by atomic mass is 9.95. The lowest BCUT2D eigenvalue weighted by Crippen LogP contribution is -2.19. The van der Waals surface area contributed by atoms with Gasteiger partial charge < -0.3 is 15.7 Å². The second-order valence-corrected chi connectivity index (χ2v) is 4.30. The van der Waals surface area contributed by atoms with Gasteiger partial charge in [0, 0.05) is 16.8 Å². The van der Waals surface area contributed by atoms with Crippen LogP contribution in [0.2, 0.25) is 0 Å². The van der Waals surface area contributed by atoms with Crippen LogP contribution in [-0.2, 0) is 9.53 Å². The highest BCUT2D eigenvalue weighted by Crippen LogP contribution is 2.29. The molecule has 0 aliphatic rings. The molecule has 108 valence electrons. The van der Waals surface area contributed by atoms with E-state index in [9.17, 15) is 10.0 Å². The van der Waals surface area contributed by atoms with E-state index >= 15 is 0 Å². The maximum Gasteiger partial charge on any atom is 0.361 e. The number of esters is 1. The van der Waals surface area contributed by atoms with Crippen molar-refractivity contribution >= 4 is 17.4 Å². The molecule has 0 amide bonds. The summed E-state index contributed by atoms with van der Waals surface area (Å²) in [6.45, 7) is 1.89. The Hall–Kier alpha value is -2.82. The first-order chi connectivity index (χ1) is 10.2. The Bertz CT molecular complexity index is 681. The molecule has 5 nitrogen and oxygen atoms in total. The fraction of sp³-hybridized carbons (Fsp3) is 0.125. The van der Waals surface area contributed by atoms with Gasteiger partial charge in [-0.25, -0.2) is 4.79 Å². The third-order valence-corrected chi connectivity index (χ3v) is 3.00. The van der Waals surface area contributed by atoms with Gasteiger partial charge in [0.15, 0.2) is 5.71 Å². The van der Waals surface area contributed by atoms with Crippen LogP contribution in [0.4, 0.5) is 5.69 Å². The molecule has 3 N–H and O–H groups in total. The Morgan fingerprint density at radius 3 is 2.38 bits per heavy atom.